The normalized spacial score (nSPS) is 11.2. The van der Waals surface area contributed by atoms with Crippen molar-refractivity contribution >= 4 is 28.7 Å². The first-order valence-corrected chi connectivity index (χ1v) is 9.48. The molecular weight excluding hydrogens is 416 g/mol. The molecule has 0 aliphatic heterocycles. The van der Waals surface area contributed by atoms with Crippen LogP contribution in [-0.2, 0) is 0 Å². The quantitative estimate of drug-likeness (QED) is 0.254. The lowest BCUT2D eigenvalue weighted by atomic mass is 10.0. The van der Waals surface area contributed by atoms with Crippen molar-refractivity contribution in [1.29, 1.82) is 0 Å². The Kier molecular flexibility index (Phi) is 5.42. The van der Waals surface area contributed by atoms with E-state index in [0.29, 0.717) is 49.8 Å². The Balaban J connectivity index is 1.90. The van der Waals surface area contributed by atoms with E-state index in [-0.39, 0.29) is 11.4 Å². The number of rotatable bonds is 6. The number of ether oxygens (including phenoxy) is 2. The summed E-state index contributed by atoms with van der Waals surface area (Å²) in [4.78, 5) is 15.8. The van der Waals surface area contributed by atoms with Gasteiger partial charge in [0.15, 0.2) is 11.5 Å². The summed E-state index contributed by atoms with van der Waals surface area (Å²) in [7, 11) is 3.03. The van der Waals surface area contributed by atoms with Gasteiger partial charge in [0.05, 0.1) is 41.5 Å². The van der Waals surface area contributed by atoms with Crippen LogP contribution >= 0.6 is 0 Å². The molecule has 0 saturated carbocycles. The third kappa shape index (κ3) is 3.58. The molecule has 10 heteroatoms. The van der Waals surface area contributed by atoms with Crippen LogP contribution in [0.2, 0.25) is 0 Å². The Morgan fingerprint density at radius 3 is 2.56 bits per heavy atom. The van der Waals surface area contributed by atoms with Gasteiger partial charge in [-0.3, -0.25) is 14.7 Å². The Bertz CT molecular complexity index is 1360. The highest BCUT2D eigenvalue weighted by molar-refractivity contribution is 5.99. The van der Waals surface area contributed by atoms with Gasteiger partial charge in [-0.15, -0.1) is 0 Å². The molecule has 4 rings (SSSR count). The number of hydrogen-bond acceptors (Lipinski definition) is 8. The predicted molar refractivity (Wildman–Crippen MR) is 116 cm³/mol. The van der Waals surface area contributed by atoms with Gasteiger partial charge in [-0.25, -0.2) is 4.98 Å². The molecule has 2 heterocycles. The molecule has 0 amide bonds. The average molecular weight is 434 g/mol. The standard InChI is InChI=1S/C22H18N4O6/c1-13-20(24-32-26(13)29)17-12-19(30-2)22(31-3)16-11-10-15(23-21(16)17)9-8-14-6-4-5-7-18(14)25(27)28/h4-12H,1-3H3/b9-8+. The highest BCUT2D eigenvalue weighted by atomic mass is 16.8. The number of fused-ring (bicyclic) bond motifs is 1. The molecule has 0 bridgehead atoms. The third-order valence-electron chi connectivity index (χ3n) is 4.98. The fraction of sp³-hybridized carbons (Fsp3) is 0.136. The van der Waals surface area contributed by atoms with E-state index in [9.17, 15) is 15.3 Å². The van der Waals surface area contributed by atoms with Crippen molar-refractivity contribution in [3.63, 3.8) is 0 Å². The molecule has 10 nitrogen and oxygen atoms in total. The van der Waals surface area contributed by atoms with E-state index in [1.807, 2.05) is 0 Å². The summed E-state index contributed by atoms with van der Waals surface area (Å²) in [6.45, 7) is 1.58. The van der Waals surface area contributed by atoms with Crippen LogP contribution in [0.1, 0.15) is 17.0 Å². The van der Waals surface area contributed by atoms with Gasteiger partial charge >= 0.3 is 0 Å². The first-order valence-electron chi connectivity index (χ1n) is 9.48. The zero-order valence-corrected chi connectivity index (χ0v) is 17.4. The zero-order valence-electron chi connectivity index (χ0n) is 17.4. The minimum absolute atomic E-state index is 0.00476. The monoisotopic (exact) mass is 434 g/mol. The Labute approximate surface area is 182 Å². The van der Waals surface area contributed by atoms with E-state index in [1.54, 1.807) is 55.5 Å². The highest BCUT2D eigenvalue weighted by Crippen LogP contribution is 2.41. The van der Waals surface area contributed by atoms with Gasteiger partial charge in [0.1, 0.15) is 0 Å². The smallest absolute Gasteiger partial charge is 0.276 e. The Morgan fingerprint density at radius 2 is 1.91 bits per heavy atom. The van der Waals surface area contributed by atoms with Crippen molar-refractivity contribution in [3.05, 3.63) is 74.7 Å². The van der Waals surface area contributed by atoms with Gasteiger partial charge < -0.3 is 14.7 Å². The summed E-state index contributed by atoms with van der Waals surface area (Å²) < 4.78 is 15.7. The Morgan fingerprint density at radius 1 is 1.12 bits per heavy atom. The molecule has 162 valence electrons. The topological polar surface area (TPSA) is 127 Å². The van der Waals surface area contributed by atoms with Crippen molar-refractivity contribution in [2.24, 2.45) is 0 Å². The van der Waals surface area contributed by atoms with Crippen LogP contribution in [0.25, 0.3) is 34.3 Å². The summed E-state index contributed by atoms with van der Waals surface area (Å²) in [6.07, 6.45) is 3.30. The zero-order chi connectivity index (χ0) is 22.8. The van der Waals surface area contributed by atoms with Gasteiger partial charge in [-0.05, 0) is 41.3 Å². The lowest BCUT2D eigenvalue weighted by molar-refractivity contribution is -0.806. The molecule has 4 aromatic rings. The molecule has 0 aliphatic rings. The van der Waals surface area contributed by atoms with Crippen LogP contribution in [-0.4, -0.2) is 29.3 Å². The lowest BCUT2D eigenvalue weighted by Crippen LogP contribution is -2.25. The van der Waals surface area contributed by atoms with Gasteiger partial charge in [-0.1, -0.05) is 12.1 Å². The molecule has 0 saturated heterocycles. The summed E-state index contributed by atoms with van der Waals surface area (Å²) in [5.74, 6) is 0.920. The second kappa shape index (κ2) is 8.34. The molecule has 0 radical (unpaired) electrons. The Hall–Kier alpha value is -4.47. The number of pyridine rings is 1. The molecule has 0 unspecified atom stereocenters. The molecule has 2 aromatic carbocycles. The largest absolute Gasteiger partial charge is 0.493 e. The second-order valence-electron chi connectivity index (χ2n) is 6.81. The number of nitro benzene ring substituents is 1. The number of nitrogens with zero attached hydrogens (tertiary/aromatic N) is 4. The third-order valence-corrected chi connectivity index (χ3v) is 4.98. The van der Waals surface area contributed by atoms with E-state index in [4.69, 9.17) is 19.1 Å². The van der Waals surface area contributed by atoms with Crippen molar-refractivity contribution < 1.29 is 23.9 Å². The molecule has 0 spiro atoms. The van der Waals surface area contributed by atoms with Crippen molar-refractivity contribution in [1.82, 2.24) is 10.1 Å². The van der Waals surface area contributed by atoms with E-state index < -0.39 is 4.92 Å². The molecule has 32 heavy (non-hydrogen) atoms. The average Bonchev–Trinajstić information content (AvgIpc) is 3.14. The first kappa shape index (κ1) is 20.8. The van der Waals surface area contributed by atoms with Gasteiger partial charge in [0.2, 0.25) is 5.69 Å². The van der Waals surface area contributed by atoms with Crippen LogP contribution in [0.4, 0.5) is 5.69 Å². The summed E-state index contributed by atoms with van der Waals surface area (Å²) >= 11 is 0. The van der Waals surface area contributed by atoms with E-state index in [1.165, 1.54) is 20.3 Å². The van der Waals surface area contributed by atoms with E-state index in [2.05, 4.69) is 5.16 Å². The number of aromatic nitrogens is 3. The molecule has 0 N–H and O–H groups in total. The molecular formula is C22H18N4O6. The molecule has 0 aliphatic carbocycles. The summed E-state index contributed by atoms with van der Waals surface area (Å²) in [5.41, 5.74) is 2.60. The van der Waals surface area contributed by atoms with Crippen LogP contribution in [0.15, 0.2) is 47.1 Å². The fourth-order valence-corrected chi connectivity index (χ4v) is 3.40. The summed E-state index contributed by atoms with van der Waals surface area (Å²) in [6, 6.07) is 11.7. The van der Waals surface area contributed by atoms with Crippen LogP contribution in [0.5, 0.6) is 11.5 Å². The molecule has 0 atom stereocenters. The van der Waals surface area contributed by atoms with Gasteiger partial charge in [-0.2, -0.15) is 0 Å². The highest BCUT2D eigenvalue weighted by Gasteiger charge is 2.24. The SMILES string of the molecule is COc1cc(-c2no[n+]([O-])c2C)c2nc(/C=C/c3ccccc3[N+](=O)[O-])ccc2c1OC. The van der Waals surface area contributed by atoms with Gasteiger partial charge in [0.25, 0.3) is 11.4 Å². The molecule has 2 aromatic heterocycles. The van der Waals surface area contributed by atoms with E-state index >= 15 is 0 Å². The minimum atomic E-state index is -0.436. The van der Waals surface area contributed by atoms with Crippen molar-refractivity contribution in [2.75, 3.05) is 14.2 Å². The van der Waals surface area contributed by atoms with Crippen molar-refractivity contribution in [3.8, 4) is 22.8 Å². The van der Waals surface area contributed by atoms with E-state index in [0.717, 1.165) is 0 Å². The number of nitro groups is 1. The second-order valence-corrected chi connectivity index (χ2v) is 6.81. The maximum Gasteiger partial charge on any atom is 0.276 e. The minimum Gasteiger partial charge on any atom is -0.493 e. The predicted octanol–water partition coefficient (Wildman–Crippen LogP) is 3.93. The maximum atomic E-state index is 11.8. The maximum absolute atomic E-state index is 11.8. The number of para-hydroxylation sites is 1. The van der Waals surface area contributed by atoms with Gasteiger partial charge in [0, 0.05) is 23.5 Å². The summed E-state index contributed by atoms with van der Waals surface area (Å²) in [5, 5.41) is 27.6. The van der Waals surface area contributed by atoms with Crippen LogP contribution < -0.4 is 14.4 Å². The number of hydrogen-bond donors (Lipinski definition) is 0. The van der Waals surface area contributed by atoms with Crippen LogP contribution in [0.3, 0.4) is 0 Å². The first-order chi connectivity index (χ1) is 15.4. The van der Waals surface area contributed by atoms with Crippen molar-refractivity contribution in [2.45, 2.75) is 6.92 Å². The molecule has 0 fully saturated rings. The fourth-order valence-electron chi connectivity index (χ4n) is 3.40. The number of benzene rings is 2. The number of methoxy groups -OCH3 is 2. The van der Waals surface area contributed by atoms with Crippen LogP contribution in [0, 0.1) is 22.2 Å². The lowest BCUT2D eigenvalue weighted by Gasteiger charge is -2.13.